The molecule has 8 aromatic carbocycles. The molecule has 0 fully saturated rings. The molecule has 0 N–H and O–H groups in total. The Morgan fingerprint density at radius 2 is 0.914 bits per heavy atom. The Balaban J connectivity index is 1.19. The van der Waals surface area contributed by atoms with Gasteiger partial charge in [0.1, 0.15) is 0 Å². The minimum atomic E-state index is 0.652. The van der Waals surface area contributed by atoms with Crippen molar-refractivity contribution in [2.75, 3.05) is 0 Å². The second-order valence-corrected chi connectivity index (χ2v) is 17.9. The van der Waals surface area contributed by atoms with Gasteiger partial charge in [0.2, 0.25) is 0 Å². The molecule has 270 valence electrons. The lowest BCUT2D eigenvalue weighted by molar-refractivity contribution is 1.07. The number of nitrogens with zero attached hydrogens (tertiary/aromatic N) is 4. The van der Waals surface area contributed by atoms with Crippen molar-refractivity contribution in [2.24, 2.45) is 0 Å². The van der Waals surface area contributed by atoms with Crippen molar-refractivity contribution in [1.82, 2.24) is 19.5 Å². The Kier molecular flexibility index (Phi) is 6.89. The van der Waals surface area contributed by atoms with Crippen molar-refractivity contribution in [2.45, 2.75) is 0 Å². The van der Waals surface area contributed by atoms with Crippen molar-refractivity contribution in [1.29, 1.82) is 0 Å². The number of hydrogen-bond acceptors (Lipinski definition) is 6. The van der Waals surface area contributed by atoms with E-state index in [0.29, 0.717) is 17.5 Å². The van der Waals surface area contributed by atoms with Crippen LogP contribution in [0.5, 0.6) is 0 Å². The van der Waals surface area contributed by atoms with E-state index in [1.54, 1.807) is 0 Å². The molecule has 0 saturated heterocycles. The molecule has 0 spiro atoms. The summed E-state index contributed by atoms with van der Waals surface area (Å²) >= 11 is 5.58. The molecule has 0 aliphatic rings. The monoisotopic (exact) mass is 792 g/mol. The van der Waals surface area contributed by atoms with E-state index in [9.17, 15) is 0 Å². The predicted molar refractivity (Wildman–Crippen MR) is 249 cm³/mol. The Labute approximate surface area is 343 Å². The summed E-state index contributed by atoms with van der Waals surface area (Å²) in [6.45, 7) is 0. The molecular formula is C51H28N4S3. The van der Waals surface area contributed by atoms with Crippen LogP contribution in [0.3, 0.4) is 0 Å². The lowest BCUT2D eigenvalue weighted by atomic mass is 10.0. The first-order chi connectivity index (χ1) is 28.7. The van der Waals surface area contributed by atoms with Crippen LogP contribution < -0.4 is 0 Å². The van der Waals surface area contributed by atoms with Crippen LogP contribution in [0.25, 0.3) is 122 Å². The lowest BCUT2D eigenvalue weighted by Gasteiger charge is -2.13. The fourth-order valence-electron chi connectivity index (χ4n) is 8.91. The summed E-state index contributed by atoms with van der Waals surface area (Å²) in [5.74, 6) is 1.96. The number of hydrogen-bond donors (Lipinski definition) is 0. The van der Waals surface area contributed by atoms with Crippen molar-refractivity contribution in [3.8, 4) is 39.9 Å². The van der Waals surface area contributed by atoms with Gasteiger partial charge in [-0.25, -0.2) is 15.0 Å². The molecule has 0 radical (unpaired) electrons. The van der Waals surface area contributed by atoms with Gasteiger partial charge in [-0.3, -0.25) is 0 Å². The summed E-state index contributed by atoms with van der Waals surface area (Å²) in [4.78, 5) is 15.7. The van der Waals surface area contributed by atoms with Crippen LogP contribution in [0.2, 0.25) is 0 Å². The Bertz CT molecular complexity index is 3740. The zero-order chi connectivity index (χ0) is 37.9. The number of fused-ring (bicyclic) bond motifs is 14. The highest BCUT2D eigenvalue weighted by molar-refractivity contribution is 7.28. The summed E-state index contributed by atoms with van der Waals surface area (Å²) in [5.41, 5.74) is 6.33. The fourth-order valence-corrected chi connectivity index (χ4v) is 12.5. The molecule has 13 rings (SSSR count). The highest BCUT2D eigenvalue weighted by Crippen LogP contribution is 2.49. The fraction of sp³-hybridized carbons (Fsp3) is 0. The number of aromatic nitrogens is 4. The molecule has 0 bridgehead atoms. The zero-order valence-electron chi connectivity index (χ0n) is 30.7. The van der Waals surface area contributed by atoms with Gasteiger partial charge >= 0.3 is 0 Å². The molecule has 0 aliphatic carbocycles. The maximum Gasteiger partial charge on any atom is 0.165 e. The molecule has 4 nitrogen and oxygen atoms in total. The van der Waals surface area contributed by atoms with Crippen molar-refractivity contribution < 1.29 is 0 Å². The predicted octanol–water partition coefficient (Wildman–Crippen LogP) is 15.1. The third-order valence-corrected chi connectivity index (χ3v) is 15.0. The van der Waals surface area contributed by atoms with Gasteiger partial charge in [-0.15, -0.1) is 34.0 Å². The molecule has 0 amide bonds. The van der Waals surface area contributed by atoms with Gasteiger partial charge in [0, 0.05) is 93.7 Å². The SMILES string of the molecule is c1ccc(-c2nc(-c3ccccc3)nc(-c3cc(-n4c5ccccc5c5c6sc7ccccc7c6ccc54)cc4c3sc3ccc5sc6ccccc6c5c34)n2)cc1. The number of rotatable bonds is 4. The van der Waals surface area contributed by atoms with E-state index in [4.69, 9.17) is 15.0 Å². The zero-order valence-corrected chi connectivity index (χ0v) is 33.1. The molecular weight excluding hydrogens is 765 g/mol. The molecule has 58 heavy (non-hydrogen) atoms. The minimum absolute atomic E-state index is 0.652. The van der Waals surface area contributed by atoms with Gasteiger partial charge in [-0.1, -0.05) is 121 Å². The molecule has 0 saturated carbocycles. The molecule has 5 heterocycles. The standard InChI is InChI=1S/C51H28N4S3/c1-3-13-29(14-4-1)49-52-50(30-15-5-2-6-16-30)54-51(53-49)37-28-31(27-36-46-43(58-47(36)37)26-25-42-45(46)35-19-9-12-22-41(35)56-42)55-38-20-10-7-18-34(38)44-39(55)24-23-33-32-17-8-11-21-40(32)57-48(33)44/h1-28H. The van der Waals surface area contributed by atoms with E-state index in [-0.39, 0.29) is 0 Å². The molecule has 0 aliphatic heterocycles. The smallest absolute Gasteiger partial charge is 0.165 e. The number of benzene rings is 8. The minimum Gasteiger partial charge on any atom is -0.309 e. The van der Waals surface area contributed by atoms with Crippen molar-refractivity contribution in [3.63, 3.8) is 0 Å². The molecule has 0 unspecified atom stereocenters. The summed E-state index contributed by atoms with van der Waals surface area (Å²) in [6, 6.07) is 60.9. The maximum atomic E-state index is 5.31. The van der Waals surface area contributed by atoms with Gasteiger partial charge < -0.3 is 4.57 Å². The third kappa shape index (κ3) is 4.69. The quantitative estimate of drug-likeness (QED) is 0.178. The third-order valence-electron chi connectivity index (χ3n) is 11.4. The summed E-state index contributed by atoms with van der Waals surface area (Å²) in [6.07, 6.45) is 0. The van der Waals surface area contributed by atoms with Crippen LogP contribution in [0.15, 0.2) is 170 Å². The van der Waals surface area contributed by atoms with Gasteiger partial charge in [-0.05, 0) is 48.5 Å². The van der Waals surface area contributed by atoms with Crippen LogP contribution >= 0.6 is 34.0 Å². The largest absolute Gasteiger partial charge is 0.309 e. The van der Waals surface area contributed by atoms with E-state index in [1.807, 2.05) is 70.4 Å². The van der Waals surface area contributed by atoms with Gasteiger partial charge in [0.25, 0.3) is 0 Å². The molecule has 7 heteroatoms. The normalized spacial score (nSPS) is 12.1. The highest BCUT2D eigenvalue weighted by atomic mass is 32.1. The Hall–Kier alpha value is -6.77. The number of para-hydroxylation sites is 1. The second kappa shape index (κ2) is 12.4. The second-order valence-electron chi connectivity index (χ2n) is 14.7. The van der Waals surface area contributed by atoms with Crippen molar-refractivity contribution >= 4 is 116 Å². The topological polar surface area (TPSA) is 43.6 Å². The molecule has 5 aromatic heterocycles. The first-order valence-corrected chi connectivity index (χ1v) is 21.7. The lowest BCUT2D eigenvalue weighted by Crippen LogP contribution is -2.01. The van der Waals surface area contributed by atoms with Crippen LogP contribution in [-0.4, -0.2) is 19.5 Å². The average molecular weight is 793 g/mol. The Morgan fingerprint density at radius 1 is 0.345 bits per heavy atom. The summed E-state index contributed by atoms with van der Waals surface area (Å²) in [5, 5.41) is 10.2. The highest BCUT2D eigenvalue weighted by Gasteiger charge is 2.23. The average Bonchev–Trinajstić information content (AvgIpc) is 4.05. The van der Waals surface area contributed by atoms with E-state index in [2.05, 4.69) is 138 Å². The molecule has 0 atom stereocenters. The van der Waals surface area contributed by atoms with Crippen LogP contribution in [0.4, 0.5) is 0 Å². The summed E-state index contributed by atoms with van der Waals surface area (Å²) in [7, 11) is 0. The van der Waals surface area contributed by atoms with Gasteiger partial charge in [0.15, 0.2) is 17.5 Å². The first-order valence-electron chi connectivity index (χ1n) is 19.3. The van der Waals surface area contributed by atoms with Crippen molar-refractivity contribution in [3.05, 3.63) is 170 Å². The first kappa shape index (κ1) is 32.3. The van der Waals surface area contributed by atoms with E-state index in [1.165, 1.54) is 82.3 Å². The maximum absolute atomic E-state index is 5.31. The van der Waals surface area contributed by atoms with E-state index in [0.717, 1.165) is 22.4 Å². The molecule has 13 aromatic rings. The van der Waals surface area contributed by atoms with E-state index < -0.39 is 0 Å². The Morgan fingerprint density at radius 3 is 1.66 bits per heavy atom. The van der Waals surface area contributed by atoms with Gasteiger partial charge in [-0.2, -0.15) is 0 Å². The van der Waals surface area contributed by atoms with E-state index >= 15 is 0 Å². The summed E-state index contributed by atoms with van der Waals surface area (Å²) < 4.78 is 10.1. The van der Waals surface area contributed by atoms with Crippen LogP contribution in [0.1, 0.15) is 0 Å². The van der Waals surface area contributed by atoms with Crippen LogP contribution in [0, 0.1) is 0 Å². The van der Waals surface area contributed by atoms with Gasteiger partial charge in [0.05, 0.1) is 11.0 Å². The number of thiophene rings is 3. The van der Waals surface area contributed by atoms with Crippen LogP contribution in [-0.2, 0) is 0 Å².